The maximum Gasteiger partial charge on any atom is 0.258 e. The number of carbonyl (C=O) groups is 3. The minimum absolute atomic E-state index is 0.0497. The van der Waals surface area contributed by atoms with Gasteiger partial charge in [-0.15, -0.1) is 0 Å². The lowest BCUT2D eigenvalue weighted by Crippen LogP contribution is -2.52. The Morgan fingerprint density at radius 1 is 0.976 bits per heavy atom. The van der Waals surface area contributed by atoms with Gasteiger partial charge in [0.2, 0.25) is 11.8 Å². The van der Waals surface area contributed by atoms with Gasteiger partial charge in [-0.2, -0.15) is 0 Å². The van der Waals surface area contributed by atoms with Crippen LogP contribution in [0.3, 0.4) is 0 Å². The first-order valence-corrected chi connectivity index (χ1v) is 15.3. The van der Waals surface area contributed by atoms with E-state index in [1.807, 2.05) is 18.2 Å². The molecular formula is C33H38ClFN4O3. The van der Waals surface area contributed by atoms with Gasteiger partial charge in [-0.3, -0.25) is 29.5 Å². The van der Waals surface area contributed by atoms with Crippen LogP contribution in [0.2, 0.25) is 5.02 Å². The predicted molar refractivity (Wildman–Crippen MR) is 160 cm³/mol. The van der Waals surface area contributed by atoms with Gasteiger partial charge in [0.05, 0.1) is 5.56 Å². The number of amides is 3. The number of imide groups is 1. The molecule has 2 aromatic carbocycles. The number of nitrogens with one attached hydrogen (secondary N) is 1. The summed E-state index contributed by atoms with van der Waals surface area (Å²) in [5, 5.41) is 3.05. The summed E-state index contributed by atoms with van der Waals surface area (Å²) in [6.45, 7) is 10.1. The van der Waals surface area contributed by atoms with E-state index in [1.165, 1.54) is 34.1 Å². The quantitative estimate of drug-likeness (QED) is 0.477. The van der Waals surface area contributed by atoms with Crippen LogP contribution in [-0.4, -0.2) is 71.2 Å². The van der Waals surface area contributed by atoms with E-state index in [1.54, 1.807) is 0 Å². The van der Waals surface area contributed by atoms with Crippen molar-refractivity contribution in [2.45, 2.75) is 65.1 Å². The fraction of sp³-hybridized carbons (Fsp3) is 0.485. The Morgan fingerprint density at radius 2 is 1.67 bits per heavy atom. The van der Waals surface area contributed by atoms with Crippen LogP contribution >= 0.6 is 11.6 Å². The van der Waals surface area contributed by atoms with Crippen molar-refractivity contribution in [2.24, 2.45) is 5.41 Å². The van der Waals surface area contributed by atoms with Crippen molar-refractivity contribution in [2.75, 3.05) is 32.7 Å². The molecular weight excluding hydrogens is 555 g/mol. The number of fused-ring (bicyclic) bond motifs is 1. The molecule has 2 aromatic rings. The molecule has 1 unspecified atom stereocenters. The number of benzene rings is 2. The minimum Gasteiger partial charge on any atom is -0.322 e. The number of nitrogens with zero attached hydrogens (tertiary/aromatic N) is 3. The molecule has 0 aromatic heterocycles. The molecule has 3 heterocycles. The monoisotopic (exact) mass is 592 g/mol. The van der Waals surface area contributed by atoms with Crippen LogP contribution in [0, 0.1) is 11.2 Å². The van der Waals surface area contributed by atoms with Crippen LogP contribution in [-0.2, 0) is 22.7 Å². The Bertz CT molecular complexity index is 1450. The van der Waals surface area contributed by atoms with E-state index < -0.39 is 23.7 Å². The summed E-state index contributed by atoms with van der Waals surface area (Å²) < 4.78 is 15.2. The molecule has 0 spiro atoms. The Balaban J connectivity index is 1.09. The summed E-state index contributed by atoms with van der Waals surface area (Å²) in [5.41, 5.74) is 6.03. The van der Waals surface area contributed by atoms with Crippen molar-refractivity contribution >= 4 is 34.9 Å². The SMILES string of the molecule is CC1(C)CCC(CN2CCN(Cc3cc(F)c4c(c3)CN(C3CCC(=O)NC3=O)C4=O)CC2)=C(c2ccc(Cl)cc2)C1. The highest BCUT2D eigenvalue weighted by Crippen LogP contribution is 2.43. The first-order chi connectivity index (χ1) is 20.1. The number of hydrogen-bond donors (Lipinski definition) is 1. The summed E-state index contributed by atoms with van der Waals surface area (Å²) in [5.74, 6) is -1.84. The first-order valence-electron chi connectivity index (χ1n) is 14.9. The molecule has 0 bridgehead atoms. The van der Waals surface area contributed by atoms with Gasteiger partial charge in [-0.25, -0.2) is 4.39 Å². The lowest BCUT2D eigenvalue weighted by molar-refractivity contribution is -0.136. The molecule has 2 saturated heterocycles. The molecule has 42 heavy (non-hydrogen) atoms. The Morgan fingerprint density at radius 3 is 2.36 bits per heavy atom. The van der Waals surface area contributed by atoms with E-state index in [2.05, 4.69) is 41.1 Å². The Hall–Kier alpha value is -3.07. The van der Waals surface area contributed by atoms with Gasteiger partial charge >= 0.3 is 0 Å². The summed E-state index contributed by atoms with van der Waals surface area (Å²) in [4.78, 5) is 43.2. The number of hydrogen-bond acceptors (Lipinski definition) is 5. The van der Waals surface area contributed by atoms with Crippen LogP contribution < -0.4 is 5.32 Å². The third-order valence-electron chi connectivity index (χ3n) is 9.30. The van der Waals surface area contributed by atoms with Crippen LogP contribution in [0.4, 0.5) is 4.39 Å². The summed E-state index contributed by atoms with van der Waals surface area (Å²) >= 11 is 6.17. The lowest BCUT2D eigenvalue weighted by atomic mass is 9.72. The van der Waals surface area contributed by atoms with Gasteiger partial charge in [0.15, 0.2) is 0 Å². The van der Waals surface area contributed by atoms with Crippen molar-refractivity contribution in [3.63, 3.8) is 0 Å². The largest absolute Gasteiger partial charge is 0.322 e. The molecule has 0 radical (unpaired) electrons. The van der Waals surface area contributed by atoms with Gasteiger partial charge in [-0.1, -0.05) is 49.2 Å². The van der Waals surface area contributed by atoms with Crippen molar-refractivity contribution in [1.82, 2.24) is 20.0 Å². The number of piperidine rings is 1. The highest BCUT2D eigenvalue weighted by atomic mass is 35.5. The van der Waals surface area contributed by atoms with Gasteiger partial charge < -0.3 is 4.90 Å². The molecule has 222 valence electrons. The third-order valence-corrected chi connectivity index (χ3v) is 9.55. The van der Waals surface area contributed by atoms with Crippen LogP contribution in [0.15, 0.2) is 42.0 Å². The maximum atomic E-state index is 15.2. The molecule has 6 rings (SSSR count). The van der Waals surface area contributed by atoms with Crippen molar-refractivity contribution in [3.8, 4) is 0 Å². The van der Waals surface area contributed by atoms with Gasteiger partial charge in [-0.05, 0) is 71.6 Å². The van der Waals surface area contributed by atoms with Gasteiger partial charge in [0.1, 0.15) is 11.9 Å². The number of carbonyl (C=O) groups excluding carboxylic acids is 3. The average Bonchev–Trinajstić information content (AvgIpc) is 3.27. The van der Waals surface area contributed by atoms with E-state index in [0.717, 1.165) is 56.2 Å². The predicted octanol–water partition coefficient (Wildman–Crippen LogP) is 5.02. The fourth-order valence-electron chi connectivity index (χ4n) is 6.91. The van der Waals surface area contributed by atoms with E-state index in [9.17, 15) is 14.4 Å². The zero-order valence-corrected chi connectivity index (χ0v) is 25.1. The molecule has 3 aliphatic heterocycles. The number of piperazine rings is 1. The minimum atomic E-state index is -0.746. The molecule has 1 atom stereocenters. The van der Waals surface area contributed by atoms with Crippen LogP contribution in [0.25, 0.3) is 5.57 Å². The van der Waals surface area contributed by atoms with Gasteiger partial charge in [0.25, 0.3) is 5.91 Å². The normalized spacial score (nSPS) is 23.4. The number of halogens is 2. The summed E-state index contributed by atoms with van der Waals surface area (Å²) in [6.07, 6.45) is 3.80. The molecule has 4 aliphatic rings. The van der Waals surface area contributed by atoms with E-state index >= 15 is 4.39 Å². The van der Waals surface area contributed by atoms with E-state index in [-0.39, 0.29) is 36.3 Å². The summed E-state index contributed by atoms with van der Waals surface area (Å²) in [7, 11) is 0. The first kappa shape index (κ1) is 29.0. The zero-order chi connectivity index (χ0) is 29.6. The number of rotatable bonds is 6. The van der Waals surface area contributed by atoms with Crippen LogP contribution in [0.5, 0.6) is 0 Å². The zero-order valence-electron chi connectivity index (χ0n) is 24.3. The van der Waals surface area contributed by atoms with Gasteiger partial charge in [0, 0.05) is 57.3 Å². The van der Waals surface area contributed by atoms with E-state index in [0.29, 0.717) is 12.1 Å². The second kappa shape index (κ2) is 11.5. The van der Waals surface area contributed by atoms with Crippen molar-refractivity contribution in [1.29, 1.82) is 0 Å². The highest BCUT2D eigenvalue weighted by Gasteiger charge is 2.40. The maximum absolute atomic E-state index is 15.2. The topological polar surface area (TPSA) is 73.0 Å². The molecule has 7 nitrogen and oxygen atoms in total. The Kier molecular flexibility index (Phi) is 7.98. The number of allylic oxidation sites excluding steroid dienone is 1. The average molecular weight is 593 g/mol. The van der Waals surface area contributed by atoms with Crippen molar-refractivity contribution < 1.29 is 18.8 Å². The molecule has 1 aliphatic carbocycles. The third kappa shape index (κ3) is 6.03. The summed E-state index contributed by atoms with van der Waals surface area (Å²) in [6, 6.07) is 10.9. The molecule has 0 saturated carbocycles. The second-order valence-electron chi connectivity index (χ2n) is 13.0. The van der Waals surface area contributed by atoms with E-state index in [4.69, 9.17) is 11.6 Å². The van der Waals surface area contributed by atoms with Crippen molar-refractivity contribution in [3.05, 3.63) is 75.1 Å². The molecule has 9 heteroatoms. The molecule has 3 amide bonds. The molecule has 2 fully saturated rings. The Labute approximate surface area is 251 Å². The highest BCUT2D eigenvalue weighted by molar-refractivity contribution is 6.30. The smallest absolute Gasteiger partial charge is 0.258 e. The fourth-order valence-corrected chi connectivity index (χ4v) is 7.04. The lowest BCUT2D eigenvalue weighted by Gasteiger charge is -2.38. The second-order valence-corrected chi connectivity index (χ2v) is 13.4. The standard InChI is InChI=1S/C33H38ClFN4O3/c1-33(2)10-9-23(26(17-33)22-3-5-25(34)6-4-22)19-38-13-11-37(12-14-38)18-21-15-24-20-39(32(42)30(24)27(35)16-21)28-7-8-29(40)36-31(28)41/h3-6,15-16,28H,7-14,17-20H2,1-2H3,(H,36,40,41). The van der Waals surface area contributed by atoms with Crippen LogP contribution in [0.1, 0.15) is 73.0 Å². The molecule has 1 N–H and O–H groups in total.